The molecule has 1 fully saturated rings. The molecule has 1 aliphatic carbocycles. The fourth-order valence-corrected chi connectivity index (χ4v) is 2.64. The summed E-state index contributed by atoms with van der Waals surface area (Å²) in [7, 11) is 1.66. The molecule has 4 heteroatoms. The molecule has 1 aromatic heterocycles. The lowest BCUT2D eigenvalue weighted by molar-refractivity contribution is 0.0240. The van der Waals surface area contributed by atoms with Gasteiger partial charge in [-0.3, -0.25) is 4.68 Å². The molecule has 0 aliphatic heterocycles. The van der Waals surface area contributed by atoms with Crippen LogP contribution >= 0.6 is 0 Å². The molecular weight excluding hydrogens is 228 g/mol. The topological polar surface area (TPSA) is 47.3 Å². The van der Waals surface area contributed by atoms with E-state index in [9.17, 15) is 5.11 Å². The summed E-state index contributed by atoms with van der Waals surface area (Å²) in [4.78, 5) is 0. The van der Waals surface area contributed by atoms with E-state index >= 15 is 0 Å². The number of aromatic nitrogens is 2. The average Bonchev–Trinajstić information content (AvgIpc) is 2.95. The minimum absolute atomic E-state index is 0.572. The second-order valence-electron chi connectivity index (χ2n) is 5.64. The van der Waals surface area contributed by atoms with Crippen molar-refractivity contribution in [1.29, 1.82) is 0 Å². The van der Waals surface area contributed by atoms with E-state index in [-0.39, 0.29) is 0 Å². The van der Waals surface area contributed by atoms with Crippen molar-refractivity contribution in [2.24, 2.45) is 0 Å². The summed E-state index contributed by atoms with van der Waals surface area (Å²) < 4.78 is 7.09. The van der Waals surface area contributed by atoms with Gasteiger partial charge in [0.2, 0.25) is 0 Å². The Bertz CT molecular complexity index is 368. The van der Waals surface area contributed by atoms with Crippen LogP contribution in [0.15, 0.2) is 12.3 Å². The SMILES string of the molecule is COCCC(C)(O)Cc1ccn(C2CCCC2)n1. The van der Waals surface area contributed by atoms with Gasteiger partial charge in [0.15, 0.2) is 0 Å². The minimum Gasteiger partial charge on any atom is -0.390 e. The molecule has 2 rings (SSSR count). The van der Waals surface area contributed by atoms with Crippen molar-refractivity contribution in [3.8, 4) is 0 Å². The first-order chi connectivity index (χ1) is 8.61. The molecule has 1 aromatic rings. The lowest BCUT2D eigenvalue weighted by atomic mass is 9.97. The van der Waals surface area contributed by atoms with Crippen LogP contribution in [0.2, 0.25) is 0 Å². The standard InChI is InChI=1S/C14H24N2O2/c1-14(17,8-10-18-2)11-12-7-9-16(15-12)13-5-3-4-6-13/h7,9,13,17H,3-6,8,10-11H2,1-2H3. The maximum Gasteiger partial charge on any atom is 0.0697 e. The zero-order valence-corrected chi connectivity index (χ0v) is 11.4. The fraction of sp³-hybridized carbons (Fsp3) is 0.786. The molecule has 1 saturated carbocycles. The van der Waals surface area contributed by atoms with E-state index in [1.54, 1.807) is 7.11 Å². The molecule has 18 heavy (non-hydrogen) atoms. The van der Waals surface area contributed by atoms with Gasteiger partial charge >= 0.3 is 0 Å². The highest BCUT2D eigenvalue weighted by Gasteiger charge is 2.23. The first-order valence-electron chi connectivity index (χ1n) is 6.86. The second kappa shape index (κ2) is 5.85. The Labute approximate surface area is 109 Å². The number of nitrogens with zero attached hydrogens (tertiary/aromatic N) is 2. The monoisotopic (exact) mass is 252 g/mol. The number of ether oxygens (including phenoxy) is 1. The van der Waals surface area contributed by atoms with Crippen molar-refractivity contribution in [3.05, 3.63) is 18.0 Å². The van der Waals surface area contributed by atoms with Crippen molar-refractivity contribution in [2.45, 2.75) is 57.1 Å². The van der Waals surface area contributed by atoms with Gasteiger partial charge in [-0.2, -0.15) is 5.10 Å². The summed E-state index contributed by atoms with van der Waals surface area (Å²) in [5, 5.41) is 14.8. The molecular formula is C14H24N2O2. The average molecular weight is 252 g/mol. The highest BCUT2D eigenvalue weighted by Crippen LogP contribution is 2.29. The van der Waals surface area contributed by atoms with Crippen molar-refractivity contribution in [2.75, 3.05) is 13.7 Å². The van der Waals surface area contributed by atoms with Crippen LogP contribution in [0.3, 0.4) is 0 Å². The van der Waals surface area contributed by atoms with Gasteiger partial charge in [0.05, 0.1) is 17.3 Å². The summed E-state index contributed by atoms with van der Waals surface area (Å²) in [5.74, 6) is 0. The third-order valence-electron chi connectivity index (χ3n) is 3.77. The summed E-state index contributed by atoms with van der Waals surface area (Å²) in [6.07, 6.45) is 8.38. The molecule has 0 bridgehead atoms. The van der Waals surface area contributed by atoms with Crippen LogP contribution in [0, 0.1) is 0 Å². The molecule has 0 saturated heterocycles. The van der Waals surface area contributed by atoms with Crippen molar-refractivity contribution < 1.29 is 9.84 Å². The number of aliphatic hydroxyl groups is 1. The van der Waals surface area contributed by atoms with Gasteiger partial charge in [-0.25, -0.2) is 0 Å². The highest BCUT2D eigenvalue weighted by molar-refractivity contribution is 5.04. The molecule has 4 nitrogen and oxygen atoms in total. The first kappa shape index (κ1) is 13.6. The summed E-state index contributed by atoms with van der Waals surface area (Å²) in [6.45, 7) is 2.43. The van der Waals surface area contributed by atoms with Crippen molar-refractivity contribution >= 4 is 0 Å². The van der Waals surface area contributed by atoms with Gasteiger partial charge in [0.25, 0.3) is 0 Å². The smallest absolute Gasteiger partial charge is 0.0697 e. The Morgan fingerprint density at radius 3 is 2.89 bits per heavy atom. The predicted molar refractivity (Wildman–Crippen MR) is 70.6 cm³/mol. The first-order valence-corrected chi connectivity index (χ1v) is 6.86. The molecule has 1 unspecified atom stereocenters. The molecule has 0 amide bonds. The van der Waals surface area contributed by atoms with E-state index in [4.69, 9.17) is 4.74 Å². The number of methoxy groups -OCH3 is 1. The Morgan fingerprint density at radius 2 is 2.22 bits per heavy atom. The number of hydrogen-bond acceptors (Lipinski definition) is 3. The van der Waals surface area contributed by atoms with Gasteiger partial charge in [-0.05, 0) is 32.3 Å². The Morgan fingerprint density at radius 1 is 1.50 bits per heavy atom. The van der Waals surface area contributed by atoms with Crippen LogP contribution in [-0.4, -0.2) is 34.2 Å². The van der Waals surface area contributed by atoms with E-state index < -0.39 is 5.60 Å². The zero-order valence-electron chi connectivity index (χ0n) is 11.4. The Balaban J connectivity index is 1.93. The van der Waals surface area contributed by atoms with Crippen molar-refractivity contribution in [1.82, 2.24) is 9.78 Å². The fourth-order valence-electron chi connectivity index (χ4n) is 2.64. The summed E-state index contributed by atoms with van der Waals surface area (Å²) >= 11 is 0. The van der Waals surface area contributed by atoms with Gasteiger partial charge in [-0.1, -0.05) is 12.8 Å². The zero-order chi connectivity index (χ0) is 13.0. The van der Waals surface area contributed by atoms with Crippen LogP contribution in [0.1, 0.15) is 50.8 Å². The van der Waals surface area contributed by atoms with Crippen molar-refractivity contribution in [3.63, 3.8) is 0 Å². The van der Waals surface area contributed by atoms with Crippen LogP contribution in [-0.2, 0) is 11.2 Å². The molecule has 1 N–H and O–H groups in total. The van der Waals surface area contributed by atoms with E-state index in [1.807, 2.05) is 13.0 Å². The molecule has 102 valence electrons. The maximum atomic E-state index is 10.2. The normalized spacial score (nSPS) is 20.2. The highest BCUT2D eigenvalue weighted by atomic mass is 16.5. The van der Waals surface area contributed by atoms with E-state index in [2.05, 4.69) is 16.0 Å². The Hall–Kier alpha value is -0.870. The molecule has 1 atom stereocenters. The minimum atomic E-state index is -0.731. The molecule has 0 radical (unpaired) electrons. The molecule has 0 spiro atoms. The number of rotatable bonds is 6. The third kappa shape index (κ3) is 3.56. The Kier molecular flexibility index (Phi) is 4.40. The molecule has 1 aliphatic rings. The largest absolute Gasteiger partial charge is 0.390 e. The second-order valence-corrected chi connectivity index (χ2v) is 5.64. The maximum absolute atomic E-state index is 10.2. The quantitative estimate of drug-likeness (QED) is 0.845. The lowest BCUT2D eigenvalue weighted by Crippen LogP contribution is -2.29. The molecule has 0 aromatic carbocycles. The van der Waals surface area contributed by atoms with Crippen LogP contribution in [0.5, 0.6) is 0 Å². The third-order valence-corrected chi connectivity index (χ3v) is 3.77. The lowest BCUT2D eigenvalue weighted by Gasteiger charge is -2.21. The summed E-state index contributed by atoms with van der Waals surface area (Å²) in [5.41, 5.74) is 0.244. The van der Waals surface area contributed by atoms with E-state index in [1.165, 1.54) is 25.7 Å². The van der Waals surface area contributed by atoms with Crippen LogP contribution in [0.25, 0.3) is 0 Å². The van der Waals surface area contributed by atoms with Gasteiger partial charge < -0.3 is 9.84 Å². The van der Waals surface area contributed by atoms with Crippen LogP contribution in [0.4, 0.5) is 0 Å². The summed E-state index contributed by atoms with van der Waals surface area (Å²) in [6, 6.07) is 2.60. The van der Waals surface area contributed by atoms with Gasteiger partial charge in [-0.15, -0.1) is 0 Å². The van der Waals surface area contributed by atoms with Crippen LogP contribution < -0.4 is 0 Å². The molecule has 1 heterocycles. The van der Waals surface area contributed by atoms with Gasteiger partial charge in [0.1, 0.15) is 0 Å². The van der Waals surface area contributed by atoms with E-state index in [0.29, 0.717) is 25.5 Å². The number of hydrogen-bond donors (Lipinski definition) is 1. The predicted octanol–water partition coefficient (Wildman–Crippen LogP) is 2.33. The van der Waals surface area contributed by atoms with Gasteiger partial charge in [0, 0.05) is 26.3 Å². The van der Waals surface area contributed by atoms with E-state index in [0.717, 1.165) is 5.69 Å².